The van der Waals surface area contributed by atoms with Crippen molar-refractivity contribution in [2.75, 3.05) is 11.4 Å². The summed E-state index contributed by atoms with van der Waals surface area (Å²) < 4.78 is 3.70. The highest BCUT2D eigenvalue weighted by Crippen LogP contribution is 2.39. The molecule has 0 amide bonds. The van der Waals surface area contributed by atoms with Gasteiger partial charge in [-0.15, -0.1) is 0 Å². The van der Waals surface area contributed by atoms with Crippen molar-refractivity contribution in [2.45, 2.75) is 72.5 Å². The van der Waals surface area contributed by atoms with E-state index in [1.807, 2.05) is 37.1 Å². The van der Waals surface area contributed by atoms with Crippen LogP contribution in [0.5, 0.6) is 0 Å². The summed E-state index contributed by atoms with van der Waals surface area (Å²) in [5.74, 6) is 1.01. The van der Waals surface area contributed by atoms with E-state index in [-0.39, 0.29) is 17.1 Å². The van der Waals surface area contributed by atoms with E-state index in [9.17, 15) is 4.79 Å². The second-order valence-corrected chi connectivity index (χ2v) is 9.93. The molecule has 0 bridgehead atoms. The van der Waals surface area contributed by atoms with Gasteiger partial charge in [-0.2, -0.15) is 15.2 Å². The Bertz CT molecular complexity index is 1130. The monoisotopic (exact) mass is 431 g/mol. The topological polar surface area (TPSA) is 84.6 Å². The molecule has 30 heavy (non-hydrogen) atoms. The second-order valence-electron chi connectivity index (χ2n) is 9.57. The molecule has 162 valence electrons. The van der Waals surface area contributed by atoms with Crippen LogP contribution in [0.4, 0.5) is 5.95 Å². The van der Waals surface area contributed by atoms with Gasteiger partial charge in [0, 0.05) is 18.7 Å². The maximum Gasteiger partial charge on any atom is 0.263 e. The van der Waals surface area contributed by atoms with Gasteiger partial charge >= 0.3 is 0 Å². The molecule has 9 heteroatoms. The predicted molar refractivity (Wildman–Crippen MR) is 119 cm³/mol. The molecule has 4 rings (SSSR count). The van der Waals surface area contributed by atoms with Gasteiger partial charge in [-0.1, -0.05) is 25.4 Å². The van der Waals surface area contributed by atoms with Crippen molar-refractivity contribution in [3.8, 4) is 0 Å². The first-order valence-corrected chi connectivity index (χ1v) is 10.9. The highest BCUT2D eigenvalue weighted by atomic mass is 35.5. The van der Waals surface area contributed by atoms with Gasteiger partial charge in [-0.05, 0) is 46.5 Å². The van der Waals surface area contributed by atoms with Crippen LogP contribution in [-0.4, -0.2) is 36.1 Å². The smallest absolute Gasteiger partial charge is 0.263 e. The minimum atomic E-state index is -0.276. The van der Waals surface area contributed by atoms with Crippen LogP contribution in [-0.2, 0) is 12.1 Å². The van der Waals surface area contributed by atoms with Gasteiger partial charge in [0.2, 0.25) is 5.95 Å². The molecule has 1 saturated heterocycles. The number of hydrogen-bond acceptors (Lipinski definition) is 5. The summed E-state index contributed by atoms with van der Waals surface area (Å²) in [6.07, 6.45) is 3.53. The van der Waals surface area contributed by atoms with Crippen LogP contribution in [0.25, 0.3) is 11.0 Å². The number of aryl methyl sites for hydroxylation is 1. The van der Waals surface area contributed by atoms with Crippen molar-refractivity contribution < 1.29 is 0 Å². The van der Waals surface area contributed by atoms with Crippen molar-refractivity contribution in [2.24, 2.45) is 5.92 Å². The van der Waals surface area contributed by atoms with E-state index in [1.165, 1.54) is 0 Å². The summed E-state index contributed by atoms with van der Waals surface area (Å²) in [7, 11) is 0. The number of halogens is 1. The summed E-state index contributed by atoms with van der Waals surface area (Å²) in [5, 5.41) is 10.3. The van der Waals surface area contributed by atoms with Gasteiger partial charge in [0.15, 0.2) is 5.65 Å². The molecule has 3 aromatic heterocycles. The maximum atomic E-state index is 12.8. The van der Waals surface area contributed by atoms with E-state index in [4.69, 9.17) is 16.6 Å². The average molecular weight is 432 g/mol. The summed E-state index contributed by atoms with van der Waals surface area (Å²) in [6, 6.07) is 0.0324. The number of H-pyrrole nitrogens is 1. The molecule has 8 nitrogen and oxygen atoms in total. The highest BCUT2D eigenvalue weighted by Gasteiger charge is 2.33. The molecule has 1 aliphatic heterocycles. The lowest BCUT2D eigenvalue weighted by Gasteiger charge is -2.26. The fourth-order valence-corrected chi connectivity index (χ4v) is 4.64. The van der Waals surface area contributed by atoms with Gasteiger partial charge in [-0.25, -0.2) is 4.68 Å². The molecular formula is C21H30ClN7O. The SMILES string of the molecule is Cc1nn(CC(C)C)c(Cl)c1C1CCCN1c1nc2c(cnn2C(C)(C)C)c(=O)[nH]1. The second kappa shape index (κ2) is 7.41. The van der Waals surface area contributed by atoms with Crippen LogP contribution >= 0.6 is 11.6 Å². The zero-order valence-corrected chi connectivity index (χ0v) is 19.3. The standard InChI is InChI=1S/C21H30ClN7O/c1-12(2)11-28-17(22)16(13(3)26-28)15-8-7-9-27(15)20-24-18-14(19(30)25-20)10-23-29(18)21(4,5)6/h10,12,15H,7-9,11H2,1-6H3,(H,24,25,30). The van der Waals surface area contributed by atoms with E-state index in [1.54, 1.807) is 6.20 Å². The fraction of sp³-hybridized carbons (Fsp3) is 0.619. The van der Waals surface area contributed by atoms with Gasteiger partial charge in [0.05, 0.1) is 23.5 Å². The lowest BCUT2D eigenvalue weighted by Crippen LogP contribution is -2.29. The number of aromatic amines is 1. The summed E-state index contributed by atoms with van der Waals surface area (Å²) in [4.78, 5) is 22.7. The van der Waals surface area contributed by atoms with E-state index in [0.717, 1.165) is 37.2 Å². The summed E-state index contributed by atoms with van der Waals surface area (Å²) in [5.41, 5.74) is 2.12. The summed E-state index contributed by atoms with van der Waals surface area (Å²) >= 11 is 6.77. The van der Waals surface area contributed by atoms with E-state index >= 15 is 0 Å². The first-order valence-electron chi connectivity index (χ1n) is 10.6. The third-order valence-electron chi connectivity index (χ3n) is 5.57. The molecule has 3 aromatic rings. The van der Waals surface area contributed by atoms with Crippen LogP contribution in [0.3, 0.4) is 0 Å². The Hall–Kier alpha value is -2.35. The number of aromatic nitrogens is 6. The third-order valence-corrected chi connectivity index (χ3v) is 5.97. The molecule has 1 unspecified atom stereocenters. The molecule has 4 heterocycles. The molecule has 0 saturated carbocycles. The minimum Gasteiger partial charge on any atom is -0.335 e. The Labute approximate surface area is 181 Å². The van der Waals surface area contributed by atoms with Crippen molar-refractivity contribution in [1.29, 1.82) is 0 Å². The molecule has 0 aromatic carbocycles. The average Bonchev–Trinajstić information content (AvgIpc) is 3.32. The number of rotatable bonds is 4. The van der Waals surface area contributed by atoms with Gasteiger partial charge in [0.1, 0.15) is 10.5 Å². The predicted octanol–water partition coefficient (Wildman–Crippen LogP) is 4.03. The highest BCUT2D eigenvalue weighted by molar-refractivity contribution is 6.30. The number of nitrogens with zero attached hydrogens (tertiary/aromatic N) is 6. The van der Waals surface area contributed by atoms with Gasteiger partial charge in [-0.3, -0.25) is 14.5 Å². The van der Waals surface area contributed by atoms with Gasteiger partial charge in [0.25, 0.3) is 5.56 Å². The van der Waals surface area contributed by atoms with Crippen LogP contribution in [0.1, 0.15) is 64.8 Å². The molecule has 0 radical (unpaired) electrons. The zero-order valence-electron chi connectivity index (χ0n) is 18.5. The van der Waals surface area contributed by atoms with Gasteiger partial charge < -0.3 is 4.90 Å². The van der Waals surface area contributed by atoms with Crippen LogP contribution in [0.15, 0.2) is 11.0 Å². The zero-order chi connectivity index (χ0) is 21.8. The van der Waals surface area contributed by atoms with Crippen LogP contribution in [0, 0.1) is 12.8 Å². The number of hydrogen-bond donors (Lipinski definition) is 1. The third kappa shape index (κ3) is 3.51. The molecular weight excluding hydrogens is 402 g/mol. The number of nitrogens with one attached hydrogen (secondary N) is 1. The Morgan fingerprint density at radius 1 is 1.33 bits per heavy atom. The fourth-order valence-electron chi connectivity index (χ4n) is 4.27. The molecule has 1 aliphatic rings. The Balaban J connectivity index is 1.79. The van der Waals surface area contributed by atoms with Crippen molar-refractivity contribution in [3.05, 3.63) is 33.0 Å². The summed E-state index contributed by atoms with van der Waals surface area (Å²) in [6.45, 7) is 14.0. The minimum absolute atomic E-state index is 0.0324. The van der Waals surface area contributed by atoms with Crippen LogP contribution in [0.2, 0.25) is 5.15 Å². The molecule has 1 atom stereocenters. The first kappa shape index (κ1) is 20.9. The van der Waals surface area contributed by atoms with E-state index in [2.05, 4.69) is 33.9 Å². The number of anilines is 1. The maximum absolute atomic E-state index is 12.8. The molecule has 1 N–H and O–H groups in total. The van der Waals surface area contributed by atoms with Crippen molar-refractivity contribution >= 4 is 28.6 Å². The number of fused-ring (bicyclic) bond motifs is 1. The Kier molecular flexibility index (Phi) is 5.16. The lowest BCUT2D eigenvalue weighted by molar-refractivity contribution is 0.366. The van der Waals surface area contributed by atoms with Crippen molar-refractivity contribution in [3.63, 3.8) is 0 Å². The normalized spacial score (nSPS) is 17.6. The quantitative estimate of drug-likeness (QED) is 0.674. The first-order chi connectivity index (χ1) is 14.1. The largest absolute Gasteiger partial charge is 0.335 e. The molecule has 1 fully saturated rings. The lowest BCUT2D eigenvalue weighted by atomic mass is 10.1. The molecule has 0 spiro atoms. The Morgan fingerprint density at radius 3 is 2.73 bits per heavy atom. The van der Waals surface area contributed by atoms with Crippen LogP contribution < -0.4 is 10.5 Å². The van der Waals surface area contributed by atoms with Crippen molar-refractivity contribution in [1.82, 2.24) is 29.5 Å². The van der Waals surface area contributed by atoms with E-state index < -0.39 is 0 Å². The Morgan fingerprint density at radius 2 is 2.07 bits per heavy atom. The molecule has 0 aliphatic carbocycles. The van der Waals surface area contributed by atoms with E-state index in [0.29, 0.717) is 28.1 Å².